The van der Waals surface area contributed by atoms with Crippen LogP contribution in [0.4, 0.5) is 0 Å². The third-order valence-corrected chi connectivity index (χ3v) is 3.66. The molecular formula is C13H21ClN2O2. The van der Waals surface area contributed by atoms with Crippen molar-refractivity contribution in [2.24, 2.45) is 11.7 Å². The summed E-state index contributed by atoms with van der Waals surface area (Å²) in [6, 6.07) is 1.97. The van der Waals surface area contributed by atoms with Gasteiger partial charge in [0.05, 0.1) is 11.8 Å². The molecule has 0 aliphatic carbocycles. The van der Waals surface area contributed by atoms with Crippen LogP contribution in [0.25, 0.3) is 0 Å². The molecule has 18 heavy (non-hydrogen) atoms. The fraction of sp³-hybridized carbons (Fsp3) is 0.615. The third kappa shape index (κ3) is 3.06. The summed E-state index contributed by atoms with van der Waals surface area (Å²) in [5.74, 6) is 1.33. The van der Waals surface area contributed by atoms with Gasteiger partial charge < -0.3 is 15.1 Å². The van der Waals surface area contributed by atoms with Gasteiger partial charge in [0.15, 0.2) is 0 Å². The van der Waals surface area contributed by atoms with Gasteiger partial charge in [0.25, 0.3) is 5.91 Å². The van der Waals surface area contributed by atoms with Crippen LogP contribution in [-0.2, 0) is 0 Å². The molecule has 0 aromatic carbocycles. The molecule has 1 aromatic rings. The highest BCUT2D eigenvalue weighted by molar-refractivity contribution is 5.95. The summed E-state index contributed by atoms with van der Waals surface area (Å²) in [5, 5.41) is 0. The fourth-order valence-electron chi connectivity index (χ4n) is 2.41. The maximum atomic E-state index is 12.2. The Hall–Kier alpha value is -1.00. The minimum Gasteiger partial charge on any atom is -0.469 e. The third-order valence-electron chi connectivity index (χ3n) is 3.66. The number of nitrogens with zero attached hydrogens (tertiary/aromatic N) is 1. The van der Waals surface area contributed by atoms with Crippen molar-refractivity contribution in [2.45, 2.75) is 32.7 Å². The van der Waals surface area contributed by atoms with Crippen molar-refractivity contribution < 1.29 is 9.21 Å². The van der Waals surface area contributed by atoms with Gasteiger partial charge in [0, 0.05) is 19.1 Å². The first kappa shape index (κ1) is 15.1. The summed E-state index contributed by atoms with van der Waals surface area (Å²) < 4.78 is 5.17. The van der Waals surface area contributed by atoms with Crippen LogP contribution in [0.2, 0.25) is 0 Å². The van der Waals surface area contributed by atoms with E-state index in [0.29, 0.717) is 17.2 Å². The molecule has 0 spiro atoms. The summed E-state index contributed by atoms with van der Waals surface area (Å²) in [4.78, 5) is 14.1. The van der Waals surface area contributed by atoms with Crippen LogP contribution in [0.3, 0.4) is 0 Å². The number of hydrogen-bond donors (Lipinski definition) is 1. The number of halogens is 1. The van der Waals surface area contributed by atoms with E-state index in [1.54, 1.807) is 12.3 Å². The molecule has 5 heteroatoms. The van der Waals surface area contributed by atoms with Gasteiger partial charge in [0.2, 0.25) is 0 Å². The van der Waals surface area contributed by atoms with Crippen LogP contribution in [0.15, 0.2) is 16.7 Å². The molecule has 102 valence electrons. The molecule has 1 amide bonds. The first-order valence-corrected chi connectivity index (χ1v) is 6.18. The summed E-state index contributed by atoms with van der Waals surface area (Å²) in [7, 11) is 0. The van der Waals surface area contributed by atoms with Gasteiger partial charge in [-0.05, 0) is 38.7 Å². The molecule has 1 unspecified atom stereocenters. The van der Waals surface area contributed by atoms with Crippen LogP contribution < -0.4 is 5.73 Å². The summed E-state index contributed by atoms with van der Waals surface area (Å²) in [6.45, 7) is 5.47. The van der Waals surface area contributed by atoms with E-state index in [0.717, 1.165) is 25.9 Å². The van der Waals surface area contributed by atoms with Crippen LogP contribution in [0.1, 0.15) is 35.9 Å². The van der Waals surface area contributed by atoms with Gasteiger partial charge in [-0.25, -0.2) is 0 Å². The second-order valence-corrected chi connectivity index (χ2v) is 4.88. The highest BCUT2D eigenvalue weighted by atomic mass is 35.5. The Balaban J connectivity index is 0.00000162. The van der Waals surface area contributed by atoms with E-state index in [1.807, 2.05) is 18.7 Å². The molecule has 1 aliphatic rings. The van der Waals surface area contributed by atoms with Crippen LogP contribution in [0.5, 0.6) is 0 Å². The first-order chi connectivity index (χ1) is 8.09. The maximum Gasteiger partial charge on any atom is 0.257 e. The largest absolute Gasteiger partial charge is 0.469 e. The average Bonchev–Trinajstić information content (AvgIpc) is 2.74. The zero-order valence-corrected chi connectivity index (χ0v) is 11.7. The molecule has 2 rings (SSSR count). The number of amides is 1. The van der Waals surface area contributed by atoms with E-state index < -0.39 is 0 Å². The van der Waals surface area contributed by atoms with Crippen LogP contribution in [-0.4, -0.2) is 29.9 Å². The van der Waals surface area contributed by atoms with Gasteiger partial charge >= 0.3 is 0 Å². The first-order valence-electron chi connectivity index (χ1n) is 6.18. The minimum atomic E-state index is 0. The molecule has 2 N–H and O–H groups in total. The fourth-order valence-corrected chi connectivity index (χ4v) is 2.41. The van der Waals surface area contributed by atoms with E-state index >= 15 is 0 Å². The van der Waals surface area contributed by atoms with Crippen LogP contribution >= 0.6 is 12.4 Å². The van der Waals surface area contributed by atoms with E-state index in [2.05, 4.69) is 0 Å². The minimum absolute atomic E-state index is 0. The maximum absolute atomic E-state index is 12.2. The highest BCUT2D eigenvalue weighted by Crippen LogP contribution is 2.22. The molecule has 2 heterocycles. The van der Waals surface area contributed by atoms with E-state index in [4.69, 9.17) is 10.2 Å². The lowest BCUT2D eigenvalue weighted by atomic mass is 9.91. The van der Waals surface area contributed by atoms with Crippen molar-refractivity contribution in [2.75, 3.05) is 13.1 Å². The Kier molecular flexibility index (Phi) is 5.23. The van der Waals surface area contributed by atoms with Gasteiger partial charge in [-0.1, -0.05) is 0 Å². The molecule has 0 bridgehead atoms. The zero-order valence-electron chi connectivity index (χ0n) is 10.9. The molecule has 1 saturated heterocycles. The molecule has 1 fully saturated rings. The summed E-state index contributed by atoms with van der Waals surface area (Å²) in [5.41, 5.74) is 6.57. The monoisotopic (exact) mass is 272 g/mol. The molecule has 1 aromatic heterocycles. The van der Waals surface area contributed by atoms with Crippen molar-refractivity contribution in [1.82, 2.24) is 4.90 Å². The van der Waals surface area contributed by atoms with E-state index in [-0.39, 0.29) is 24.4 Å². The molecule has 4 nitrogen and oxygen atoms in total. The average molecular weight is 273 g/mol. The lowest BCUT2D eigenvalue weighted by Crippen LogP contribution is -2.42. The Morgan fingerprint density at radius 1 is 1.50 bits per heavy atom. The molecule has 0 radical (unpaired) electrons. The highest BCUT2D eigenvalue weighted by Gasteiger charge is 2.26. The normalized spacial score (nSPS) is 18.3. The zero-order chi connectivity index (χ0) is 12.4. The number of rotatable bonds is 2. The van der Waals surface area contributed by atoms with Gasteiger partial charge in [-0.15, -0.1) is 12.4 Å². The van der Waals surface area contributed by atoms with Gasteiger partial charge in [-0.3, -0.25) is 4.79 Å². The summed E-state index contributed by atoms with van der Waals surface area (Å²) in [6.07, 6.45) is 3.57. The predicted molar refractivity (Wildman–Crippen MR) is 73.0 cm³/mol. The number of nitrogens with two attached hydrogens (primary N) is 1. The van der Waals surface area contributed by atoms with Crippen molar-refractivity contribution in [3.8, 4) is 0 Å². The number of hydrogen-bond acceptors (Lipinski definition) is 3. The topological polar surface area (TPSA) is 59.5 Å². The molecule has 1 aliphatic heterocycles. The van der Waals surface area contributed by atoms with Crippen molar-refractivity contribution in [3.63, 3.8) is 0 Å². The number of carbonyl (C=O) groups is 1. The number of furan rings is 1. The Morgan fingerprint density at radius 2 is 2.11 bits per heavy atom. The smallest absolute Gasteiger partial charge is 0.257 e. The SMILES string of the molecule is Cc1occc1C(=O)N1CCC(C(C)N)CC1.Cl. The standard InChI is InChI=1S/C13H20N2O2.ClH/c1-9(14)11-3-6-15(7-4-11)13(16)12-5-8-17-10(12)2;/h5,8-9,11H,3-4,6-7,14H2,1-2H3;1H. The van der Waals surface area contributed by atoms with Gasteiger partial charge in [-0.2, -0.15) is 0 Å². The lowest BCUT2D eigenvalue weighted by Gasteiger charge is -2.33. The number of carbonyl (C=O) groups excluding carboxylic acids is 1. The van der Waals surface area contributed by atoms with E-state index in [1.165, 1.54) is 0 Å². The molecular weight excluding hydrogens is 252 g/mol. The summed E-state index contributed by atoms with van der Waals surface area (Å²) >= 11 is 0. The van der Waals surface area contributed by atoms with Crippen molar-refractivity contribution in [3.05, 3.63) is 23.7 Å². The van der Waals surface area contributed by atoms with E-state index in [9.17, 15) is 4.79 Å². The Bertz CT molecular complexity index is 395. The Morgan fingerprint density at radius 3 is 2.56 bits per heavy atom. The Labute approximate surface area is 114 Å². The second-order valence-electron chi connectivity index (χ2n) is 4.88. The number of aryl methyl sites for hydroxylation is 1. The molecule has 1 atom stereocenters. The van der Waals surface area contributed by atoms with Gasteiger partial charge in [0.1, 0.15) is 5.76 Å². The quantitative estimate of drug-likeness (QED) is 0.898. The second kappa shape index (κ2) is 6.25. The number of piperidine rings is 1. The van der Waals surface area contributed by atoms with Crippen molar-refractivity contribution >= 4 is 18.3 Å². The number of likely N-dealkylation sites (tertiary alicyclic amines) is 1. The van der Waals surface area contributed by atoms with Crippen LogP contribution in [0, 0.1) is 12.8 Å². The lowest BCUT2D eigenvalue weighted by molar-refractivity contribution is 0.0679. The predicted octanol–water partition coefficient (Wildman–Crippen LogP) is 2.21. The van der Waals surface area contributed by atoms with Crippen molar-refractivity contribution in [1.29, 1.82) is 0 Å². The molecule has 0 saturated carbocycles.